The van der Waals surface area contributed by atoms with Crippen molar-refractivity contribution in [3.05, 3.63) is 45.9 Å². The van der Waals surface area contributed by atoms with Gasteiger partial charge in [-0.25, -0.2) is 4.98 Å². The molecule has 1 N–H and O–H groups in total. The summed E-state index contributed by atoms with van der Waals surface area (Å²) < 4.78 is 0. The summed E-state index contributed by atoms with van der Waals surface area (Å²) in [6.07, 6.45) is 5.99. The average Bonchev–Trinajstić information content (AvgIpc) is 3.24. The van der Waals surface area contributed by atoms with Crippen LogP contribution in [0.5, 0.6) is 0 Å². The smallest absolute Gasteiger partial charge is 0.233 e. The molecule has 6 heteroatoms. The van der Waals surface area contributed by atoms with Crippen molar-refractivity contribution >= 4 is 39.8 Å². The van der Waals surface area contributed by atoms with Gasteiger partial charge in [0.25, 0.3) is 0 Å². The SMILES string of the molecule is CC(=O)Cc1csc(NC(=O)C(CC2CCCC2)c2cccc(Cl)c2)n1. The van der Waals surface area contributed by atoms with Gasteiger partial charge in [-0.1, -0.05) is 49.4 Å². The molecular weight excluding hydrogens is 368 g/mol. The number of hydrogen-bond donors (Lipinski definition) is 1. The number of nitrogens with zero attached hydrogens (tertiary/aromatic N) is 1. The van der Waals surface area contributed by atoms with Gasteiger partial charge in [-0.05, 0) is 37.0 Å². The lowest BCUT2D eigenvalue weighted by Gasteiger charge is -2.20. The molecule has 26 heavy (non-hydrogen) atoms. The van der Waals surface area contributed by atoms with Gasteiger partial charge in [0, 0.05) is 16.8 Å². The van der Waals surface area contributed by atoms with Gasteiger partial charge >= 0.3 is 0 Å². The molecule has 1 atom stereocenters. The topological polar surface area (TPSA) is 59.1 Å². The first-order valence-electron chi connectivity index (χ1n) is 9.01. The van der Waals surface area contributed by atoms with E-state index in [0.29, 0.717) is 28.2 Å². The zero-order valence-electron chi connectivity index (χ0n) is 14.8. The molecule has 1 heterocycles. The number of halogens is 1. The fraction of sp³-hybridized carbons (Fsp3) is 0.450. The van der Waals surface area contributed by atoms with Crippen LogP contribution in [-0.4, -0.2) is 16.7 Å². The Morgan fingerprint density at radius 1 is 1.35 bits per heavy atom. The van der Waals surface area contributed by atoms with Gasteiger partial charge in [-0.3, -0.25) is 9.59 Å². The Morgan fingerprint density at radius 3 is 2.81 bits per heavy atom. The summed E-state index contributed by atoms with van der Waals surface area (Å²) in [5.41, 5.74) is 1.65. The second-order valence-corrected chi connectivity index (χ2v) is 8.30. The number of carbonyl (C=O) groups excluding carboxylic acids is 2. The van der Waals surface area contributed by atoms with Crippen molar-refractivity contribution in [1.82, 2.24) is 4.98 Å². The largest absolute Gasteiger partial charge is 0.301 e. The molecule has 1 fully saturated rings. The average molecular weight is 391 g/mol. The molecule has 0 spiro atoms. The minimum atomic E-state index is -0.239. The number of amides is 1. The number of anilines is 1. The number of thiazole rings is 1. The van der Waals surface area contributed by atoms with Crippen LogP contribution in [-0.2, 0) is 16.0 Å². The van der Waals surface area contributed by atoms with Crippen molar-refractivity contribution in [3.63, 3.8) is 0 Å². The maximum Gasteiger partial charge on any atom is 0.233 e. The van der Waals surface area contributed by atoms with E-state index in [9.17, 15) is 9.59 Å². The highest BCUT2D eigenvalue weighted by Crippen LogP contribution is 2.35. The van der Waals surface area contributed by atoms with Crippen molar-refractivity contribution in [2.45, 2.75) is 51.4 Å². The summed E-state index contributed by atoms with van der Waals surface area (Å²) in [6.45, 7) is 1.54. The van der Waals surface area contributed by atoms with Gasteiger partial charge in [0.2, 0.25) is 5.91 Å². The lowest BCUT2D eigenvalue weighted by Crippen LogP contribution is -2.23. The van der Waals surface area contributed by atoms with Crippen molar-refractivity contribution < 1.29 is 9.59 Å². The third-order valence-corrected chi connectivity index (χ3v) is 5.86. The summed E-state index contributed by atoms with van der Waals surface area (Å²) in [6, 6.07) is 7.56. The van der Waals surface area contributed by atoms with Crippen LogP contribution in [0.25, 0.3) is 0 Å². The molecular formula is C20H23ClN2O2S. The highest BCUT2D eigenvalue weighted by atomic mass is 35.5. The van der Waals surface area contributed by atoms with E-state index in [1.54, 1.807) is 0 Å². The maximum atomic E-state index is 13.0. The minimum Gasteiger partial charge on any atom is -0.301 e. The molecule has 0 radical (unpaired) electrons. The lowest BCUT2D eigenvalue weighted by molar-refractivity contribution is -0.118. The highest BCUT2D eigenvalue weighted by molar-refractivity contribution is 7.13. The van der Waals surface area contributed by atoms with Gasteiger partial charge in [0.15, 0.2) is 5.13 Å². The number of rotatable bonds is 7. The van der Waals surface area contributed by atoms with Gasteiger partial charge in [-0.15, -0.1) is 11.3 Å². The fourth-order valence-corrected chi connectivity index (χ4v) is 4.50. The molecule has 0 aliphatic heterocycles. The Labute approximate surface area is 163 Å². The molecule has 0 saturated heterocycles. The quantitative estimate of drug-likeness (QED) is 0.704. The number of aromatic nitrogens is 1. The predicted molar refractivity (Wildman–Crippen MR) is 106 cm³/mol. The molecule has 1 unspecified atom stereocenters. The number of nitrogens with one attached hydrogen (secondary N) is 1. The zero-order valence-corrected chi connectivity index (χ0v) is 16.4. The Kier molecular flexibility index (Phi) is 6.43. The molecule has 138 valence electrons. The molecule has 1 aromatic carbocycles. The minimum absolute atomic E-state index is 0.0529. The second-order valence-electron chi connectivity index (χ2n) is 7.01. The number of carbonyl (C=O) groups is 2. The summed E-state index contributed by atoms with van der Waals surface area (Å²) in [5.74, 6) is 0.348. The summed E-state index contributed by atoms with van der Waals surface area (Å²) in [7, 11) is 0. The van der Waals surface area contributed by atoms with Crippen LogP contribution in [0, 0.1) is 5.92 Å². The standard InChI is InChI=1S/C20H23ClN2O2S/c1-13(24)9-17-12-26-20(22-17)23-19(25)18(10-14-5-2-3-6-14)15-7-4-8-16(21)11-15/h4,7-8,11-12,14,18H,2-3,5-6,9-10H2,1H3,(H,22,23,25). The van der Waals surface area contributed by atoms with E-state index in [1.807, 2.05) is 29.6 Å². The van der Waals surface area contributed by atoms with E-state index >= 15 is 0 Å². The van der Waals surface area contributed by atoms with E-state index in [0.717, 1.165) is 12.0 Å². The molecule has 0 bridgehead atoms. The Hall–Kier alpha value is -1.72. The van der Waals surface area contributed by atoms with Crippen LogP contribution in [0.2, 0.25) is 5.02 Å². The third-order valence-electron chi connectivity index (χ3n) is 4.82. The highest BCUT2D eigenvalue weighted by Gasteiger charge is 2.27. The first-order valence-corrected chi connectivity index (χ1v) is 10.3. The molecule has 1 amide bonds. The lowest BCUT2D eigenvalue weighted by atomic mass is 9.87. The zero-order chi connectivity index (χ0) is 18.5. The van der Waals surface area contributed by atoms with Crippen LogP contribution in [0.3, 0.4) is 0 Å². The molecule has 4 nitrogen and oxygen atoms in total. The van der Waals surface area contributed by atoms with E-state index in [1.165, 1.54) is 43.9 Å². The predicted octanol–water partition coefficient (Wildman–Crippen LogP) is 5.23. The summed E-state index contributed by atoms with van der Waals surface area (Å²) >= 11 is 7.51. The number of ketones is 1. The van der Waals surface area contributed by atoms with E-state index in [4.69, 9.17) is 11.6 Å². The molecule has 3 rings (SSSR count). The van der Waals surface area contributed by atoms with Crippen molar-refractivity contribution in [1.29, 1.82) is 0 Å². The third kappa shape index (κ3) is 5.15. The second kappa shape index (κ2) is 8.78. The van der Waals surface area contributed by atoms with Gasteiger partial charge in [0.05, 0.1) is 11.6 Å². The molecule has 2 aromatic rings. The molecule has 1 aliphatic rings. The van der Waals surface area contributed by atoms with E-state index in [-0.39, 0.29) is 17.6 Å². The normalized spacial score (nSPS) is 15.8. The molecule has 1 saturated carbocycles. The van der Waals surface area contributed by atoms with Crippen LogP contribution in [0.15, 0.2) is 29.6 Å². The van der Waals surface area contributed by atoms with E-state index < -0.39 is 0 Å². The van der Waals surface area contributed by atoms with E-state index in [2.05, 4.69) is 10.3 Å². The summed E-state index contributed by atoms with van der Waals surface area (Å²) in [5, 5.41) is 5.95. The fourth-order valence-electron chi connectivity index (χ4n) is 3.59. The van der Waals surface area contributed by atoms with Crippen molar-refractivity contribution in [3.8, 4) is 0 Å². The molecule has 1 aromatic heterocycles. The first-order chi connectivity index (χ1) is 12.5. The van der Waals surface area contributed by atoms with Crippen molar-refractivity contribution in [2.75, 3.05) is 5.32 Å². The van der Waals surface area contributed by atoms with Crippen molar-refractivity contribution in [2.24, 2.45) is 5.92 Å². The number of Topliss-reactive ketones (excluding diaryl/α,β-unsaturated/α-hetero) is 1. The number of hydrogen-bond acceptors (Lipinski definition) is 4. The maximum absolute atomic E-state index is 13.0. The molecule has 1 aliphatic carbocycles. The van der Waals surface area contributed by atoms with Crippen LogP contribution in [0.1, 0.15) is 56.2 Å². The number of benzene rings is 1. The van der Waals surface area contributed by atoms with Crippen LogP contribution < -0.4 is 5.32 Å². The van der Waals surface area contributed by atoms with Crippen LogP contribution >= 0.6 is 22.9 Å². The Balaban J connectivity index is 1.75. The Bertz CT molecular complexity index is 784. The van der Waals surface area contributed by atoms with Crippen LogP contribution in [0.4, 0.5) is 5.13 Å². The van der Waals surface area contributed by atoms with Gasteiger partial charge in [0.1, 0.15) is 5.78 Å². The first kappa shape index (κ1) is 19.1. The summed E-state index contributed by atoms with van der Waals surface area (Å²) in [4.78, 5) is 28.6. The monoisotopic (exact) mass is 390 g/mol. The van der Waals surface area contributed by atoms with Gasteiger partial charge < -0.3 is 5.32 Å². The van der Waals surface area contributed by atoms with Gasteiger partial charge in [-0.2, -0.15) is 0 Å². The Morgan fingerprint density at radius 2 is 2.12 bits per heavy atom.